The van der Waals surface area contributed by atoms with Gasteiger partial charge in [0.25, 0.3) is 5.91 Å². The number of ether oxygens (including phenoxy) is 1. The Morgan fingerprint density at radius 3 is 2.92 bits per heavy atom. The summed E-state index contributed by atoms with van der Waals surface area (Å²) in [4.78, 5) is 26.3. The molecule has 1 saturated heterocycles. The Morgan fingerprint density at radius 1 is 1.36 bits per heavy atom. The van der Waals surface area contributed by atoms with Gasteiger partial charge in [-0.05, 0) is 31.0 Å². The second-order valence-corrected chi connectivity index (χ2v) is 5.76. The normalized spacial score (nSPS) is 16.6. The van der Waals surface area contributed by atoms with Crippen molar-refractivity contribution in [2.75, 3.05) is 25.0 Å². The zero-order chi connectivity index (χ0) is 17.6. The molecule has 2 aromatic rings. The van der Waals surface area contributed by atoms with Crippen LogP contribution < -0.4 is 5.32 Å². The molecule has 0 spiro atoms. The van der Waals surface area contributed by atoms with Gasteiger partial charge in [0.2, 0.25) is 5.91 Å². The summed E-state index contributed by atoms with van der Waals surface area (Å²) in [5.74, 6) is -1.09. The zero-order valence-corrected chi connectivity index (χ0v) is 13.5. The third-order valence-electron chi connectivity index (χ3n) is 3.85. The summed E-state index contributed by atoms with van der Waals surface area (Å²) in [6, 6.07) is 6.89. The molecule has 1 fully saturated rings. The van der Waals surface area contributed by atoms with Crippen molar-refractivity contribution in [3.05, 3.63) is 48.0 Å². The van der Waals surface area contributed by atoms with E-state index in [2.05, 4.69) is 15.0 Å². The van der Waals surface area contributed by atoms with Crippen LogP contribution in [0.4, 0.5) is 10.2 Å². The van der Waals surface area contributed by atoms with Crippen molar-refractivity contribution in [3.8, 4) is 0 Å². The molecule has 0 bridgehead atoms. The number of anilines is 1. The number of amides is 2. The highest BCUT2D eigenvalue weighted by atomic mass is 19.1. The van der Waals surface area contributed by atoms with Gasteiger partial charge in [0.15, 0.2) is 5.82 Å². The lowest BCUT2D eigenvalue weighted by molar-refractivity contribution is -0.117. The van der Waals surface area contributed by atoms with Crippen LogP contribution in [0.25, 0.3) is 0 Å². The fraction of sp³-hybridized carbons (Fsp3) is 0.353. The maximum atomic E-state index is 13.4. The minimum Gasteiger partial charge on any atom is -0.376 e. The highest BCUT2D eigenvalue weighted by Crippen LogP contribution is 2.16. The minimum atomic E-state index is -0.505. The predicted octanol–water partition coefficient (Wildman–Crippen LogP) is 2.07. The lowest BCUT2D eigenvalue weighted by atomic mass is 10.1. The molecular formula is C17H18FN3O4. The molecule has 0 radical (unpaired) electrons. The van der Waals surface area contributed by atoms with Crippen LogP contribution in [0.15, 0.2) is 41.1 Å². The average Bonchev–Trinajstić information content (AvgIpc) is 3.27. The zero-order valence-electron chi connectivity index (χ0n) is 13.5. The maximum Gasteiger partial charge on any atom is 0.254 e. The second kappa shape index (κ2) is 7.89. The highest BCUT2D eigenvalue weighted by molar-refractivity contribution is 5.99. The van der Waals surface area contributed by atoms with E-state index in [9.17, 15) is 14.0 Å². The van der Waals surface area contributed by atoms with E-state index in [1.807, 2.05) is 0 Å². The molecule has 2 heterocycles. The molecule has 0 saturated carbocycles. The first-order valence-electron chi connectivity index (χ1n) is 7.98. The maximum absolute atomic E-state index is 13.4. The monoisotopic (exact) mass is 347 g/mol. The van der Waals surface area contributed by atoms with Gasteiger partial charge < -0.3 is 19.5 Å². The lowest BCUT2D eigenvalue weighted by Gasteiger charge is -2.25. The molecule has 1 unspecified atom stereocenters. The molecule has 0 aliphatic carbocycles. The number of nitrogens with one attached hydrogen (secondary N) is 1. The molecule has 2 amide bonds. The fourth-order valence-corrected chi connectivity index (χ4v) is 2.69. The summed E-state index contributed by atoms with van der Waals surface area (Å²) in [5.41, 5.74) is 0.187. The Balaban J connectivity index is 1.71. The van der Waals surface area contributed by atoms with Crippen molar-refractivity contribution < 1.29 is 23.2 Å². The number of benzene rings is 1. The van der Waals surface area contributed by atoms with E-state index in [4.69, 9.17) is 4.74 Å². The smallest absolute Gasteiger partial charge is 0.254 e. The number of carbonyl (C=O) groups is 2. The van der Waals surface area contributed by atoms with Crippen LogP contribution in [0.3, 0.4) is 0 Å². The van der Waals surface area contributed by atoms with Crippen molar-refractivity contribution in [2.45, 2.75) is 18.9 Å². The molecule has 1 aliphatic heterocycles. The summed E-state index contributed by atoms with van der Waals surface area (Å²) in [7, 11) is 0. The van der Waals surface area contributed by atoms with E-state index < -0.39 is 17.6 Å². The molecule has 8 heteroatoms. The fourth-order valence-electron chi connectivity index (χ4n) is 2.69. The van der Waals surface area contributed by atoms with E-state index in [0.29, 0.717) is 6.61 Å². The molecular weight excluding hydrogens is 329 g/mol. The number of halogens is 1. The minimum absolute atomic E-state index is 0.127. The average molecular weight is 347 g/mol. The van der Waals surface area contributed by atoms with Gasteiger partial charge in [0, 0.05) is 24.8 Å². The molecule has 3 rings (SSSR count). The summed E-state index contributed by atoms with van der Waals surface area (Å²) in [6.45, 7) is 0.710. The van der Waals surface area contributed by atoms with Gasteiger partial charge in [-0.3, -0.25) is 9.59 Å². The molecule has 1 atom stereocenters. The topological polar surface area (TPSA) is 84.7 Å². The van der Waals surface area contributed by atoms with E-state index in [1.165, 1.54) is 35.4 Å². The first-order chi connectivity index (χ1) is 12.1. The Kier molecular flexibility index (Phi) is 5.39. The Bertz CT molecular complexity index is 729. The van der Waals surface area contributed by atoms with Crippen LogP contribution in [-0.2, 0) is 9.53 Å². The van der Waals surface area contributed by atoms with Crippen LogP contribution in [0.2, 0.25) is 0 Å². The first-order valence-corrected chi connectivity index (χ1v) is 7.98. The molecule has 1 aliphatic rings. The van der Waals surface area contributed by atoms with Gasteiger partial charge in [-0.1, -0.05) is 11.2 Å². The third-order valence-corrected chi connectivity index (χ3v) is 3.85. The summed E-state index contributed by atoms with van der Waals surface area (Å²) in [5, 5.41) is 6.14. The van der Waals surface area contributed by atoms with Crippen LogP contribution in [0.1, 0.15) is 23.2 Å². The van der Waals surface area contributed by atoms with Crippen molar-refractivity contribution in [2.24, 2.45) is 0 Å². The van der Waals surface area contributed by atoms with E-state index in [1.54, 1.807) is 0 Å². The standard InChI is InChI=1S/C17H18FN3O4/c18-13-4-1-3-12(9-13)17(23)21(10-14-5-2-7-24-14)11-16(22)19-15-6-8-25-20-15/h1,3-4,6,8-9,14H,2,5,7,10-11H2,(H,19,20,22). The SMILES string of the molecule is O=C(CN(CC1CCCO1)C(=O)c1cccc(F)c1)Nc1ccon1. The Morgan fingerprint density at radius 2 is 2.24 bits per heavy atom. The van der Waals surface area contributed by atoms with E-state index >= 15 is 0 Å². The number of rotatable bonds is 6. The number of hydrogen-bond donors (Lipinski definition) is 1. The number of carbonyl (C=O) groups excluding carboxylic acids is 2. The Hall–Kier alpha value is -2.74. The van der Waals surface area contributed by atoms with Gasteiger partial charge in [0.05, 0.1) is 6.10 Å². The van der Waals surface area contributed by atoms with Crippen LogP contribution in [0, 0.1) is 5.82 Å². The third kappa shape index (κ3) is 4.63. The second-order valence-electron chi connectivity index (χ2n) is 5.76. The van der Waals surface area contributed by atoms with Crippen molar-refractivity contribution in [3.63, 3.8) is 0 Å². The van der Waals surface area contributed by atoms with Crippen molar-refractivity contribution in [1.29, 1.82) is 0 Å². The molecule has 1 N–H and O–H groups in total. The summed E-state index contributed by atoms with van der Waals surface area (Å²) >= 11 is 0. The van der Waals surface area contributed by atoms with Gasteiger partial charge in [0.1, 0.15) is 18.6 Å². The molecule has 7 nitrogen and oxygen atoms in total. The first kappa shape index (κ1) is 17.1. The number of nitrogens with zero attached hydrogens (tertiary/aromatic N) is 2. The quantitative estimate of drug-likeness (QED) is 0.865. The predicted molar refractivity (Wildman–Crippen MR) is 86.4 cm³/mol. The van der Waals surface area contributed by atoms with Crippen molar-refractivity contribution >= 4 is 17.6 Å². The van der Waals surface area contributed by atoms with Gasteiger partial charge in [-0.15, -0.1) is 0 Å². The highest BCUT2D eigenvalue weighted by Gasteiger charge is 2.25. The van der Waals surface area contributed by atoms with Crippen molar-refractivity contribution in [1.82, 2.24) is 10.1 Å². The van der Waals surface area contributed by atoms with E-state index in [-0.39, 0.29) is 30.6 Å². The van der Waals surface area contributed by atoms with Gasteiger partial charge in [-0.2, -0.15) is 0 Å². The molecule has 25 heavy (non-hydrogen) atoms. The van der Waals surface area contributed by atoms with Crippen LogP contribution in [-0.4, -0.2) is 47.7 Å². The van der Waals surface area contributed by atoms with Crippen LogP contribution >= 0.6 is 0 Å². The van der Waals surface area contributed by atoms with E-state index in [0.717, 1.165) is 18.9 Å². The molecule has 1 aromatic carbocycles. The number of hydrogen-bond acceptors (Lipinski definition) is 5. The largest absolute Gasteiger partial charge is 0.376 e. The number of aromatic nitrogens is 1. The van der Waals surface area contributed by atoms with Gasteiger partial charge >= 0.3 is 0 Å². The van der Waals surface area contributed by atoms with Gasteiger partial charge in [-0.25, -0.2) is 4.39 Å². The molecule has 1 aromatic heterocycles. The lowest BCUT2D eigenvalue weighted by Crippen LogP contribution is -2.42. The summed E-state index contributed by atoms with van der Waals surface area (Å²) < 4.78 is 23.6. The molecule has 132 valence electrons. The Labute approximate surface area is 143 Å². The van der Waals surface area contributed by atoms with Crippen LogP contribution in [0.5, 0.6) is 0 Å². The summed E-state index contributed by atoms with van der Waals surface area (Å²) in [6.07, 6.45) is 2.94.